The van der Waals surface area contributed by atoms with E-state index >= 15 is 0 Å². The Morgan fingerprint density at radius 3 is 2.80 bits per heavy atom. The molecule has 2 saturated carbocycles. The molecular formula is C26H24N6O3. The first-order chi connectivity index (χ1) is 17.1. The van der Waals surface area contributed by atoms with Crippen molar-refractivity contribution in [3.05, 3.63) is 48.9 Å². The van der Waals surface area contributed by atoms with Crippen molar-refractivity contribution in [2.45, 2.75) is 25.4 Å². The number of benzene rings is 1. The van der Waals surface area contributed by atoms with Gasteiger partial charge in [-0.15, -0.1) is 0 Å². The maximum Gasteiger partial charge on any atom is 0.234 e. The fourth-order valence-corrected chi connectivity index (χ4v) is 4.92. The van der Waals surface area contributed by atoms with Crippen LogP contribution in [0.1, 0.15) is 19.3 Å². The van der Waals surface area contributed by atoms with E-state index in [9.17, 15) is 4.79 Å². The third kappa shape index (κ3) is 3.46. The molecule has 35 heavy (non-hydrogen) atoms. The number of carbonyl (C=O) groups is 1. The molecule has 3 aromatic heterocycles. The van der Waals surface area contributed by atoms with Gasteiger partial charge in [-0.3, -0.25) is 9.48 Å². The second-order valence-corrected chi connectivity index (χ2v) is 9.70. The van der Waals surface area contributed by atoms with Gasteiger partial charge < -0.3 is 14.8 Å². The van der Waals surface area contributed by atoms with E-state index in [0.29, 0.717) is 47.4 Å². The second kappa shape index (κ2) is 7.58. The number of amides is 1. The lowest BCUT2D eigenvalue weighted by Crippen LogP contribution is -2.27. The highest BCUT2D eigenvalue weighted by molar-refractivity contribution is 6.01. The molecule has 1 aromatic carbocycles. The van der Waals surface area contributed by atoms with Crippen LogP contribution >= 0.6 is 0 Å². The lowest BCUT2D eigenvalue weighted by Gasteiger charge is -2.16. The van der Waals surface area contributed by atoms with E-state index in [0.717, 1.165) is 36.1 Å². The van der Waals surface area contributed by atoms with Crippen LogP contribution in [-0.2, 0) is 16.6 Å². The zero-order valence-corrected chi connectivity index (χ0v) is 19.3. The summed E-state index contributed by atoms with van der Waals surface area (Å²) in [7, 11) is 1.88. The molecule has 7 rings (SSSR count). The number of nitrogens with zero attached hydrogens (tertiary/aromatic N) is 5. The summed E-state index contributed by atoms with van der Waals surface area (Å²) in [6, 6.07) is 11.8. The third-order valence-corrected chi connectivity index (χ3v) is 7.12. The normalized spacial score (nSPS) is 22.7. The Hall–Kier alpha value is -3.85. The first kappa shape index (κ1) is 20.5. The largest absolute Gasteiger partial charge is 0.486 e. The average molecular weight is 469 g/mol. The minimum atomic E-state index is -0.437. The van der Waals surface area contributed by atoms with Crippen LogP contribution in [0.5, 0.6) is 5.75 Å². The molecule has 3 aliphatic rings. The molecule has 0 radical (unpaired) electrons. The monoisotopic (exact) mass is 468 g/mol. The van der Waals surface area contributed by atoms with Crippen LogP contribution in [0.15, 0.2) is 48.9 Å². The van der Waals surface area contributed by atoms with Gasteiger partial charge in [0.15, 0.2) is 11.6 Å². The van der Waals surface area contributed by atoms with Crippen molar-refractivity contribution in [2.75, 3.05) is 18.5 Å². The summed E-state index contributed by atoms with van der Waals surface area (Å²) >= 11 is 0. The number of pyridine rings is 1. The summed E-state index contributed by atoms with van der Waals surface area (Å²) in [4.78, 5) is 27.2. The van der Waals surface area contributed by atoms with Gasteiger partial charge in [0.2, 0.25) is 5.91 Å². The molecule has 2 aliphatic carbocycles. The van der Waals surface area contributed by atoms with E-state index in [2.05, 4.69) is 20.4 Å². The van der Waals surface area contributed by atoms with Crippen molar-refractivity contribution in [3.63, 3.8) is 0 Å². The number of hydrogen-bond donors (Lipinski definition) is 1. The van der Waals surface area contributed by atoms with Gasteiger partial charge in [0.25, 0.3) is 0 Å². The summed E-state index contributed by atoms with van der Waals surface area (Å²) in [5.41, 5.74) is 4.09. The fourth-order valence-electron chi connectivity index (χ4n) is 4.92. The van der Waals surface area contributed by atoms with Crippen molar-refractivity contribution in [1.82, 2.24) is 24.7 Å². The molecule has 2 atom stereocenters. The molecule has 1 amide bonds. The molecule has 3 fully saturated rings. The quantitative estimate of drug-likeness (QED) is 0.461. The molecule has 1 saturated heterocycles. The zero-order valence-electron chi connectivity index (χ0n) is 19.3. The standard InChI is InChI=1S/C26H24N6O3/c1-32-11-18(21(31-32)15-5-3-2-4-6-15)22-23-19(27-14-28-22)9-20(35-17-7-8-17)24(29-23)30-25(33)26-10-16(26)12-34-13-26/h2-6,9,11,14,16-17H,7-8,10,12-13H2,1H3,(H,29,30,33)/t16?,26-/m1/s1. The van der Waals surface area contributed by atoms with Crippen LogP contribution in [0.3, 0.4) is 0 Å². The molecular weight excluding hydrogens is 444 g/mol. The molecule has 4 heterocycles. The van der Waals surface area contributed by atoms with Crippen LogP contribution < -0.4 is 10.1 Å². The highest BCUT2D eigenvalue weighted by Gasteiger charge is 2.63. The number of aryl methyl sites for hydroxylation is 1. The molecule has 1 aliphatic heterocycles. The summed E-state index contributed by atoms with van der Waals surface area (Å²) in [5.74, 6) is 1.18. The summed E-state index contributed by atoms with van der Waals surface area (Å²) in [6.45, 7) is 1.10. The van der Waals surface area contributed by atoms with Crippen LogP contribution in [0.2, 0.25) is 0 Å². The van der Waals surface area contributed by atoms with Crippen molar-refractivity contribution in [2.24, 2.45) is 18.4 Å². The van der Waals surface area contributed by atoms with E-state index < -0.39 is 5.41 Å². The Morgan fingerprint density at radius 2 is 2.06 bits per heavy atom. The number of hydrogen-bond acceptors (Lipinski definition) is 7. The Kier molecular flexibility index (Phi) is 4.44. The van der Waals surface area contributed by atoms with E-state index in [1.807, 2.05) is 49.6 Å². The van der Waals surface area contributed by atoms with E-state index in [1.165, 1.54) is 6.33 Å². The van der Waals surface area contributed by atoms with E-state index in [4.69, 9.17) is 14.5 Å². The third-order valence-electron chi connectivity index (χ3n) is 7.12. The number of rotatable bonds is 6. The van der Waals surface area contributed by atoms with Gasteiger partial charge in [0.05, 0.1) is 30.2 Å². The fraction of sp³-hybridized carbons (Fsp3) is 0.346. The molecule has 0 bridgehead atoms. The van der Waals surface area contributed by atoms with Gasteiger partial charge in [-0.1, -0.05) is 30.3 Å². The van der Waals surface area contributed by atoms with Gasteiger partial charge in [-0.25, -0.2) is 15.0 Å². The van der Waals surface area contributed by atoms with E-state index in [1.54, 1.807) is 4.68 Å². The smallest absolute Gasteiger partial charge is 0.234 e. The molecule has 1 unspecified atom stereocenters. The topological polar surface area (TPSA) is 104 Å². The lowest BCUT2D eigenvalue weighted by molar-refractivity contribution is -0.121. The van der Waals surface area contributed by atoms with Crippen molar-refractivity contribution in [3.8, 4) is 28.3 Å². The Bertz CT molecular complexity index is 1460. The van der Waals surface area contributed by atoms with Gasteiger partial charge in [0, 0.05) is 36.4 Å². The van der Waals surface area contributed by atoms with Crippen LogP contribution in [0, 0.1) is 11.3 Å². The van der Waals surface area contributed by atoms with Crippen molar-refractivity contribution >= 4 is 22.8 Å². The molecule has 1 N–H and O–H groups in total. The van der Waals surface area contributed by atoms with Crippen LogP contribution in [0.25, 0.3) is 33.5 Å². The minimum Gasteiger partial charge on any atom is -0.486 e. The molecule has 9 heteroatoms. The van der Waals surface area contributed by atoms with E-state index in [-0.39, 0.29) is 12.0 Å². The SMILES string of the molecule is Cn1cc(-c2ncnc3cc(OC4CC4)c(NC(=O)[C@]45COCC4C5)nc23)c(-c2ccccc2)n1. The molecule has 0 spiro atoms. The number of fused-ring (bicyclic) bond motifs is 2. The summed E-state index contributed by atoms with van der Waals surface area (Å²) in [5, 5.41) is 7.75. The first-order valence-electron chi connectivity index (χ1n) is 11.9. The number of ether oxygens (including phenoxy) is 2. The Morgan fingerprint density at radius 1 is 1.20 bits per heavy atom. The minimum absolute atomic E-state index is 0.0581. The van der Waals surface area contributed by atoms with Gasteiger partial charge >= 0.3 is 0 Å². The molecule has 4 aromatic rings. The predicted octanol–water partition coefficient (Wildman–Crippen LogP) is 3.61. The van der Waals surface area contributed by atoms with Crippen molar-refractivity contribution in [1.29, 1.82) is 0 Å². The number of nitrogens with one attached hydrogen (secondary N) is 1. The molecule has 9 nitrogen and oxygen atoms in total. The number of aromatic nitrogens is 5. The maximum atomic E-state index is 13.2. The Balaban J connectivity index is 1.35. The van der Waals surface area contributed by atoms with Gasteiger partial charge in [-0.05, 0) is 19.3 Å². The second-order valence-electron chi connectivity index (χ2n) is 9.70. The summed E-state index contributed by atoms with van der Waals surface area (Å²) < 4.78 is 13.4. The number of carbonyl (C=O) groups excluding carboxylic acids is 1. The molecule has 176 valence electrons. The Labute approximate surface area is 201 Å². The number of anilines is 1. The average Bonchev–Trinajstić information content (AvgIpc) is 3.75. The van der Waals surface area contributed by atoms with Crippen LogP contribution in [-0.4, -0.2) is 50.0 Å². The van der Waals surface area contributed by atoms with Crippen molar-refractivity contribution < 1.29 is 14.3 Å². The van der Waals surface area contributed by atoms with Crippen LogP contribution in [0.4, 0.5) is 5.82 Å². The highest BCUT2D eigenvalue weighted by atomic mass is 16.5. The van der Waals surface area contributed by atoms with Gasteiger partial charge in [-0.2, -0.15) is 5.10 Å². The maximum absolute atomic E-state index is 13.2. The predicted molar refractivity (Wildman–Crippen MR) is 129 cm³/mol. The highest BCUT2D eigenvalue weighted by Crippen LogP contribution is 2.57. The first-order valence-corrected chi connectivity index (χ1v) is 11.9. The van der Waals surface area contributed by atoms with Gasteiger partial charge in [0.1, 0.15) is 23.2 Å². The summed E-state index contributed by atoms with van der Waals surface area (Å²) in [6.07, 6.45) is 6.46. The zero-order chi connectivity index (χ0) is 23.6. The lowest BCUT2D eigenvalue weighted by atomic mass is 10.0.